The molecule has 0 radical (unpaired) electrons. The van der Waals surface area contributed by atoms with E-state index in [0.29, 0.717) is 17.3 Å². The highest BCUT2D eigenvalue weighted by Gasteiger charge is 2.10. The molecule has 0 aliphatic heterocycles. The number of thioether (sulfide) groups is 1. The largest absolute Gasteiger partial charge is 0.355 e. The first-order valence-corrected chi connectivity index (χ1v) is 9.41. The summed E-state index contributed by atoms with van der Waals surface area (Å²) in [6, 6.07) is 9.72. The number of carbonyl (C=O) groups is 1. The van der Waals surface area contributed by atoms with Gasteiger partial charge in [0.15, 0.2) is 5.16 Å². The lowest BCUT2D eigenvalue weighted by atomic mass is 10.3. The number of nitrogens with zero attached hydrogens (tertiary/aromatic N) is 2. The Kier molecular flexibility index (Phi) is 5.25. The molecule has 120 valence electrons. The number of amides is 1. The number of rotatable bonds is 6. The van der Waals surface area contributed by atoms with E-state index >= 15 is 0 Å². The van der Waals surface area contributed by atoms with E-state index in [1.54, 1.807) is 11.3 Å². The Morgan fingerprint density at radius 1 is 1.43 bits per heavy atom. The maximum Gasteiger partial charge on any atom is 0.230 e. The molecule has 0 spiro atoms. The number of fused-ring (bicyclic) bond motifs is 1. The second-order valence-electron chi connectivity index (χ2n) is 5.05. The highest BCUT2D eigenvalue weighted by atomic mass is 35.5. The zero-order valence-electron chi connectivity index (χ0n) is 12.6. The molecular formula is C16H16ClN3OS2. The third kappa shape index (κ3) is 4.07. The maximum absolute atomic E-state index is 11.9. The molecule has 0 atom stereocenters. The lowest BCUT2D eigenvalue weighted by Crippen LogP contribution is -2.27. The molecule has 3 rings (SSSR count). The van der Waals surface area contributed by atoms with Gasteiger partial charge in [-0.05, 0) is 36.1 Å². The van der Waals surface area contributed by atoms with Crippen LogP contribution in [-0.4, -0.2) is 27.8 Å². The third-order valence-corrected chi connectivity index (χ3v) is 5.61. The van der Waals surface area contributed by atoms with Crippen LogP contribution in [0.15, 0.2) is 40.9 Å². The first-order valence-electron chi connectivity index (χ1n) is 7.17. The standard InChI is InChI=1S/C16H16ClN3OS2/c1-20-14-5-4-11(17)9-13(14)19-16(20)23-10-15(21)18-7-6-12-3-2-8-22-12/h2-5,8-9H,6-7,10H2,1H3,(H,18,21). The van der Waals surface area contributed by atoms with Gasteiger partial charge in [-0.25, -0.2) is 4.98 Å². The highest BCUT2D eigenvalue weighted by molar-refractivity contribution is 7.99. The van der Waals surface area contributed by atoms with Gasteiger partial charge in [0.1, 0.15) is 0 Å². The van der Waals surface area contributed by atoms with Crippen LogP contribution in [-0.2, 0) is 18.3 Å². The number of aryl methyl sites for hydroxylation is 1. The fraction of sp³-hybridized carbons (Fsp3) is 0.250. The highest BCUT2D eigenvalue weighted by Crippen LogP contribution is 2.24. The number of nitrogens with one attached hydrogen (secondary N) is 1. The summed E-state index contributed by atoms with van der Waals surface area (Å²) >= 11 is 9.13. The van der Waals surface area contributed by atoms with Gasteiger partial charge in [-0.2, -0.15) is 0 Å². The van der Waals surface area contributed by atoms with E-state index in [1.807, 2.05) is 41.3 Å². The van der Waals surface area contributed by atoms with Crippen molar-refractivity contribution in [2.75, 3.05) is 12.3 Å². The van der Waals surface area contributed by atoms with Gasteiger partial charge in [0.2, 0.25) is 5.91 Å². The van der Waals surface area contributed by atoms with Crippen LogP contribution in [0.3, 0.4) is 0 Å². The number of aromatic nitrogens is 2. The normalized spacial score (nSPS) is 11.0. The molecule has 0 saturated heterocycles. The van der Waals surface area contributed by atoms with Gasteiger partial charge in [0.05, 0.1) is 16.8 Å². The van der Waals surface area contributed by atoms with Crippen LogP contribution < -0.4 is 5.32 Å². The summed E-state index contributed by atoms with van der Waals surface area (Å²) < 4.78 is 1.98. The fourth-order valence-electron chi connectivity index (χ4n) is 2.24. The van der Waals surface area contributed by atoms with Gasteiger partial charge in [0.25, 0.3) is 0 Å². The number of hydrogen-bond acceptors (Lipinski definition) is 4. The van der Waals surface area contributed by atoms with E-state index in [1.165, 1.54) is 16.6 Å². The molecule has 0 bridgehead atoms. The molecule has 3 aromatic rings. The van der Waals surface area contributed by atoms with Gasteiger partial charge in [-0.1, -0.05) is 29.4 Å². The van der Waals surface area contributed by atoms with Crippen molar-refractivity contribution < 1.29 is 4.79 Å². The van der Waals surface area contributed by atoms with Crippen molar-refractivity contribution in [2.24, 2.45) is 7.05 Å². The minimum absolute atomic E-state index is 0.0247. The molecule has 0 unspecified atom stereocenters. The summed E-state index contributed by atoms with van der Waals surface area (Å²) in [5, 5.41) is 6.47. The van der Waals surface area contributed by atoms with Gasteiger partial charge in [-0.15, -0.1) is 11.3 Å². The summed E-state index contributed by atoms with van der Waals surface area (Å²) in [4.78, 5) is 17.8. The van der Waals surface area contributed by atoms with Crippen LogP contribution in [0, 0.1) is 0 Å². The molecule has 1 amide bonds. The molecule has 0 fully saturated rings. The van der Waals surface area contributed by atoms with Crippen LogP contribution >= 0.6 is 34.7 Å². The van der Waals surface area contributed by atoms with Crippen molar-refractivity contribution in [3.63, 3.8) is 0 Å². The van der Waals surface area contributed by atoms with E-state index in [9.17, 15) is 4.79 Å². The molecule has 2 aromatic heterocycles. The molecule has 23 heavy (non-hydrogen) atoms. The second-order valence-corrected chi connectivity index (χ2v) is 7.47. The van der Waals surface area contributed by atoms with Gasteiger partial charge < -0.3 is 9.88 Å². The van der Waals surface area contributed by atoms with Crippen LogP contribution in [0.4, 0.5) is 0 Å². The first-order chi connectivity index (χ1) is 11.1. The molecule has 1 N–H and O–H groups in total. The third-order valence-electron chi connectivity index (χ3n) is 3.41. The summed E-state index contributed by atoms with van der Waals surface area (Å²) in [5.74, 6) is 0.381. The lowest BCUT2D eigenvalue weighted by molar-refractivity contribution is -0.118. The number of thiophene rings is 1. The van der Waals surface area contributed by atoms with Crippen LogP contribution in [0.25, 0.3) is 11.0 Å². The van der Waals surface area contributed by atoms with Gasteiger partial charge in [-0.3, -0.25) is 4.79 Å². The number of carbonyl (C=O) groups excluding carboxylic acids is 1. The van der Waals surface area contributed by atoms with E-state index in [0.717, 1.165) is 22.6 Å². The molecule has 0 saturated carbocycles. The Morgan fingerprint density at radius 2 is 2.30 bits per heavy atom. The smallest absolute Gasteiger partial charge is 0.230 e. The fourth-order valence-corrected chi connectivity index (χ4v) is 3.93. The maximum atomic E-state index is 11.9. The topological polar surface area (TPSA) is 46.9 Å². The predicted molar refractivity (Wildman–Crippen MR) is 97.5 cm³/mol. The quantitative estimate of drug-likeness (QED) is 0.677. The second kappa shape index (κ2) is 7.38. The number of hydrogen-bond donors (Lipinski definition) is 1. The number of benzene rings is 1. The number of halogens is 1. The molecular weight excluding hydrogens is 350 g/mol. The van der Waals surface area contributed by atoms with Crippen molar-refractivity contribution >= 4 is 51.6 Å². The zero-order valence-corrected chi connectivity index (χ0v) is 15.0. The zero-order chi connectivity index (χ0) is 16.2. The average Bonchev–Trinajstić information content (AvgIpc) is 3.14. The van der Waals surface area contributed by atoms with Crippen LogP contribution in [0.5, 0.6) is 0 Å². The summed E-state index contributed by atoms with van der Waals surface area (Å²) in [5.41, 5.74) is 1.86. The van der Waals surface area contributed by atoms with Crippen molar-refractivity contribution in [3.8, 4) is 0 Å². The molecule has 2 heterocycles. The Hall–Kier alpha value is -1.50. The number of imidazole rings is 1. The Morgan fingerprint density at radius 3 is 3.09 bits per heavy atom. The Bertz CT molecular complexity index is 814. The van der Waals surface area contributed by atoms with Crippen LogP contribution in [0.1, 0.15) is 4.88 Å². The van der Waals surface area contributed by atoms with E-state index in [2.05, 4.69) is 16.4 Å². The Labute approximate surface area is 147 Å². The van der Waals surface area contributed by atoms with E-state index in [4.69, 9.17) is 11.6 Å². The molecule has 0 aliphatic carbocycles. The van der Waals surface area contributed by atoms with E-state index in [-0.39, 0.29) is 5.91 Å². The van der Waals surface area contributed by atoms with Crippen molar-refractivity contribution in [3.05, 3.63) is 45.6 Å². The molecule has 1 aromatic carbocycles. The monoisotopic (exact) mass is 365 g/mol. The van der Waals surface area contributed by atoms with E-state index < -0.39 is 0 Å². The SMILES string of the molecule is Cn1c(SCC(=O)NCCc2cccs2)nc2cc(Cl)ccc21. The van der Waals surface area contributed by atoms with Crippen molar-refractivity contribution in [1.82, 2.24) is 14.9 Å². The van der Waals surface area contributed by atoms with Gasteiger partial charge in [0, 0.05) is 23.5 Å². The minimum Gasteiger partial charge on any atom is -0.355 e. The minimum atomic E-state index is 0.0247. The lowest BCUT2D eigenvalue weighted by Gasteiger charge is -2.04. The average molecular weight is 366 g/mol. The first kappa shape index (κ1) is 16.4. The summed E-state index contributed by atoms with van der Waals surface area (Å²) in [6.45, 7) is 0.665. The molecule has 4 nitrogen and oxygen atoms in total. The summed E-state index contributed by atoms with van der Waals surface area (Å²) in [6.07, 6.45) is 0.874. The Balaban J connectivity index is 1.53. The van der Waals surface area contributed by atoms with Crippen LogP contribution in [0.2, 0.25) is 5.02 Å². The predicted octanol–water partition coefficient (Wildman–Crippen LogP) is 3.74. The van der Waals surface area contributed by atoms with Crippen molar-refractivity contribution in [2.45, 2.75) is 11.6 Å². The van der Waals surface area contributed by atoms with Gasteiger partial charge >= 0.3 is 0 Å². The summed E-state index contributed by atoms with van der Waals surface area (Å²) in [7, 11) is 1.94. The molecule has 7 heteroatoms. The van der Waals surface area contributed by atoms with Crippen molar-refractivity contribution in [1.29, 1.82) is 0 Å². The molecule has 0 aliphatic rings.